The lowest BCUT2D eigenvalue weighted by molar-refractivity contribution is -0.154. The Morgan fingerprint density at radius 1 is 0.933 bits per heavy atom. The molecule has 1 N–H and O–H groups in total. The van der Waals surface area contributed by atoms with Crippen molar-refractivity contribution in [2.45, 2.75) is 33.1 Å². The molecule has 1 amide bonds. The number of amides is 1. The average molecular weight is 405 g/mol. The average Bonchev–Trinajstić information content (AvgIpc) is 3.36. The first kappa shape index (κ1) is 20.3. The molecule has 0 radical (unpaired) electrons. The highest BCUT2D eigenvalue weighted by Gasteiger charge is 2.54. The van der Waals surface area contributed by atoms with E-state index in [2.05, 4.69) is 5.32 Å². The molecule has 5 nitrogen and oxygen atoms in total. The lowest BCUT2D eigenvalue weighted by Crippen LogP contribution is -2.37. The lowest BCUT2D eigenvalue weighted by Gasteiger charge is -2.28. The quantitative estimate of drug-likeness (QED) is 0.573. The fourth-order valence-electron chi connectivity index (χ4n) is 5.05. The molecule has 0 spiro atoms. The van der Waals surface area contributed by atoms with Gasteiger partial charge in [-0.1, -0.05) is 36.4 Å². The number of ether oxygens (including phenoxy) is 1. The van der Waals surface area contributed by atoms with E-state index < -0.39 is 11.9 Å². The third kappa shape index (κ3) is 4.02. The number of aryl methyl sites for hydroxylation is 2. The molecule has 2 fully saturated rings. The number of hydrogen-bond acceptors (Lipinski definition) is 4. The minimum Gasteiger partial charge on any atom is -0.455 e. The van der Waals surface area contributed by atoms with Crippen LogP contribution in [-0.2, 0) is 14.3 Å². The van der Waals surface area contributed by atoms with Crippen molar-refractivity contribution in [3.05, 3.63) is 65.2 Å². The van der Waals surface area contributed by atoms with E-state index in [1.807, 2.05) is 50.2 Å². The minimum absolute atomic E-state index is 0.0179. The Morgan fingerprint density at radius 2 is 1.63 bits per heavy atom. The predicted octanol–water partition coefficient (Wildman–Crippen LogP) is 4.33. The Morgan fingerprint density at radius 3 is 2.33 bits per heavy atom. The molecule has 2 aromatic rings. The van der Waals surface area contributed by atoms with Gasteiger partial charge in [-0.3, -0.25) is 14.4 Å². The van der Waals surface area contributed by atoms with Crippen molar-refractivity contribution in [2.75, 3.05) is 11.9 Å². The van der Waals surface area contributed by atoms with Gasteiger partial charge in [-0.2, -0.15) is 0 Å². The maximum absolute atomic E-state index is 13.1. The molecule has 0 unspecified atom stereocenters. The fraction of sp³-hybridized carbons (Fsp3) is 0.400. The van der Waals surface area contributed by atoms with Gasteiger partial charge in [0.1, 0.15) is 0 Å². The van der Waals surface area contributed by atoms with Crippen LogP contribution in [0.3, 0.4) is 0 Å². The maximum Gasteiger partial charge on any atom is 0.310 e. The monoisotopic (exact) mass is 405 g/mol. The van der Waals surface area contributed by atoms with Gasteiger partial charge in [-0.25, -0.2) is 0 Å². The molecular formula is C25H27NO4. The normalized spacial score (nSPS) is 24.5. The number of hydrogen-bond donors (Lipinski definition) is 1. The summed E-state index contributed by atoms with van der Waals surface area (Å²) in [6.07, 6.45) is 2.81. The molecule has 0 saturated heterocycles. The zero-order valence-corrected chi connectivity index (χ0v) is 17.4. The number of fused-ring (bicyclic) bond motifs is 2. The number of rotatable bonds is 6. The van der Waals surface area contributed by atoms with Crippen molar-refractivity contribution in [3.8, 4) is 0 Å². The summed E-state index contributed by atoms with van der Waals surface area (Å²) < 4.78 is 5.38. The van der Waals surface area contributed by atoms with Gasteiger partial charge in [0.05, 0.1) is 5.92 Å². The van der Waals surface area contributed by atoms with E-state index in [0.717, 1.165) is 30.4 Å². The van der Waals surface area contributed by atoms with Crippen LogP contribution in [0.4, 0.5) is 5.69 Å². The highest BCUT2D eigenvalue weighted by atomic mass is 16.5. The van der Waals surface area contributed by atoms with Crippen LogP contribution in [0.5, 0.6) is 0 Å². The number of ketones is 1. The van der Waals surface area contributed by atoms with Gasteiger partial charge < -0.3 is 10.1 Å². The molecule has 156 valence electrons. The first-order chi connectivity index (χ1) is 14.4. The number of esters is 1. The van der Waals surface area contributed by atoms with Crippen molar-refractivity contribution in [2.24, 2.45) is 23.7 Å². The zero-order valence-electron chi connectivity index (χ0n) is 17.4. The molecule has 0 aliphatic heterocycles. The van der Waals surface area contributed by atoms with Crippen LogP contribution < -0.4 is 5.32 Å². The maximum atomic E-state index is 13.1. The smallest absolute Gasteiger partial charge is 0.310 e. The Hall–Kier alpha value is -2.95. The van der Waals surface area contributed by atoms with E-state index >= 15 is 0 Å². The third-order valence-corrected chi connectivity index (χ3v) is 6.69. The Kier molecular flexibility index (Phi) is 5.71. The summed E-state index contributed by atoms with van der Waals surface area (Å²) in [6, 6.07) is 14.8. The summed E-state index contributed by atoms with van der Waals surface area (Å²) >= 11 is 0. The van der Waals surface area contributed by atoms with Crippen LogP contribution in [0.1, 0.15) is 40.7 Å². The number of benzene rings is 2. The Bertz CT molecular complexity index is 968. The first-order valence-corrected chi connectivity index (χ1v) is 10.6. The summed E-state index contributed by atoms with van der Waals surface area (Å²) in [4.78, 5) is 38.3. The van der Waals surface area contributed by atoms with E-state index in [9.17, 15) is 14.4 Å². The third-order valence-electron chi connectivity index (χ3n) is 6.69. The van der Waals surface area contributed by atoms with Gasteiger partial charge in [0.15, 0.2) is 12.4 Å². The second kappa shape index (κ2) is 8.42. The Labute approximate surface area is 176 Å². The van der Waals surface area contributed by atoms with Gasteiger partial charge in [-0.05, 0) is 68.2 Å². The van der Waals surface area contributed by atoms with Crippen LogP contribution in [0, 0.1) is 37.5 Å². The van der Waals surface area contributed by atoms with Crippen molar-refractivity contribution in [3.63, 3.8) is 0 Å². The largest absolute Gasteiger partial charge is 0.455 e. The number of carbonyl (C=O) groups excluding carboxylic acids is 3. The topological polar surface area (TPSA) is 72.5 Å². The van der Waals surface area contributed by atoms with Gasteiger partial charge in [0, 0.05) is 17.2 Å². The highest BCUT2D eigenvalue weighted by Crippen LogP contribution is 2.53. The summed E-state index contributed by atoms with van der Waals surface area (Å²) in [6.45, 7) is 3.64. The fourth-order valence-corrected chi connectivity index (χ4v) is 5.05. The molecule has 2 aliphatic carbocycles. The molecule has 2 bridgehead atoms. The lowest BCUT2D eigenvalue weighted by atomic mass is 9.75. The summed E-state index contributed by atoms with van der Waals surface area (Å²) in [5, 5.41) is 2.77. The van der Waals surface area contributed by atoms with E-state index in [-0.39, 0.29) is 36.1 Å². The van der Waals surface area contributed by atoms with Gasteiger partial charge in [-0.15, -0.1) is 0 Å². The van der Waals surface area contributed by atoms with Crippen LogP contribution >= 0.6 is 0 Å². The molecule has 2 saturated carbocycles. The van der Waals surface area contributed by atoms with E-state index in [1.165, 1.54) is 0 Å². The van der Waals surface area contributed by atoms with Crippen LogP contribution in [0.2, 0.25) is 0 Å². The van der Waals surface area contributed by atoms with Crippen molar-refractivity contribution in [1.29, 1.82) is 0 Å². The molecule has 2 aromatic carbocycles. The molecule has 4 rings (SSSR count). The molecule has 2 aliphatic rings. The van der Waals surface area contributed by atoms with Crippen molar-refractivity contribution < 1.29 is 19.1 Å². The molecule has 0 aromatic heterocycles. The van der Waals surface area contributed by atoms with Crippen LogP contribution in [0.15, 0.2) is 48.5 Å². The van der Waals surface area contributed by atoms with Gasteiger partial charge >= 0.3 is 5.97 Å². The first-order valence-electron chi connectivity index (χ1n) is 10.6. The summed E-state index contributed by atoms with van der Waals surface area (Å²) in [5.41, 5.74) is 3.54. The van der Waals surface area contributed by atoms with E-state index in [1.54, 1.807) is 12.1 Å². The van der Waals surface area contributed by atoms with Crippen LogP contribution in [-0.4, -0.2) is 24.3 Å². The second-order valence-corrected chi connectivity index (χ2v) is 8.57. The summed E-state index contributed by atoms with van der Waals surface area (Å²) in [5.74, 6) is -1.18. The van der Waals surface area contributed by atoms with Crippen molar-refractivity contribution in [1.82, 2.24) is 0 Å². The van der Waals surface area contributed by atoms with Gasteiger partial charge in [0.25, 0.3) is 5.91 Å². The standard InChI is InChI=1S/C25H27NO4/c1-15-8-11-20(12-16(15)2)26-21(27)14-30-25(29)23-19-10-9-18(13-19)22(23)24(28)17-6-4-3-5-7-17/h3-8,11-12,18-19,22-23H,9-10,13-14H2,1-2H3,(H,26,27)/t18-,19-,22+,23-/m0/s1. The number of carbonyl (C=O) groups is 3. The predicted molar refractivity (Wildman–Crippen MR) is 114 cm³/mol. The highest BCUT2D eigenvalue weighted by molar-refractivity contribution is 6.01. The number of nitrogens with one attached hydrogen (secondary N) is 1. The van der Waals surface area contributed by atoms with E-state index in [0.29, 0.717) is 11.3 Å². The molecule has 4 atom stereocenters. The van der Waals surface area contributed by atoms with Gasteiger partial charge in [0.2, 0.25) is 0 Å². The van der Waals surface area contributed by atoms with Crippen molar-refractivity contribution >= 4 is 23.3 Å². The van der Waals surface area contributed by atoms with Crippen LogP contribution in [0.25, 0.3) is 0 Å². The number of anilines is 1. The molecular weight excluding hydrogens is 378 g/mol. The summed E-state index contributed by atoms with van der Waals surface area (Å²) in [7, 11) is 0. The Balaban J connectivity index is 1.39. The number of Topliss-reactive ketones (excluding diaryl/α,β-unsaturated/α-hetero) is 1. The zero-order chi connectivity index (χ0) is 21.3. The second-order valence-electron chi connectivity index (χ2n) is 8.57. The SMILES string of the molecule is Cc1ccc(NC(=O)COC(=O)[C@H]2[C@H]3CC[C@@H](C3)[C@H]2C(=O)c2ccccc2)cc1C. The van der Waals surface area contributed by atoms with E-state index in [4.69, 9.17) is 4.74 Å². The molecule has 5 heteroatoms. The minimum atomic E-state index is -0.453. The molecule has 30 heavy (non-hydrogen) atoms. The molecule has 0 heterocycles.